The van der Waals surface area contributed by atoms with Crippen LogP contribution >= 0.6 is 15.9 Å². The van der Waals surface area contributed by atoms with Gasteiger partial charge in [0.05, 0.1) is 0 Å². The molecule has 0 spiro atoms. The number of benzene rings is 1. The molecule has 1 fully saturated rings. The van der Waals surface area contributed by atoms with Crippen LogP contribution in [0.5, 0.6) is 0 Å². The number of hydrogen-bond acceptors (Lipinski definition) is 1. The monoisotopic (exact) mass is 295 g/mol. The van der Waals surface area contributed by atoms with Gasteiger partial charge in [-0.2, -0.15) is 0 Å². The lowest BCUT2D eigenvalue weighted by molar-refractivity contribution is 0.0567. The van der Waals surface area contributed by atoms with Gasteiger partial charge in [-0.3, -0.25) is 0 Å². The smallest absolute Gasteiger partial charge is 0.0175 e. The molecular formula is C15H22BrN. The Morgan fingerprint density at radius 1 is 1.18 bits per heavy atom. The molecule has 0 aliphatic heterocycles. The minimum Gasteiger partial charge on any atom is -0.316 e. The predicted molar refractivity (Wildman–Crippen MR) is 77.4 cm³/mol. The van der Waals surface area contributed by atoms with Gasteiger partial charge in [-0.15, -0.1) is 0 Å². The van der Waals surface area contributed by atoms with Gasteiger partial charge in [0.15, 0.2) is 0 Å². The first-order chi connectivity index (χ1) is 7.97. The van der Waals surface area contributed by atoms with Crippen LogP contribution in [0.1, 0.15) is 39.2 Å². The molecule has 1 saturated carbocycles. The van der Waals surface area contributed by atoms with Crippen molar-refractivity contribution in [3.05, 3.63) is 34.3 Å². The van der Waals surface area contributed by atoms with Gasteiger partial charge in [-0.1, -0.05) is 48.8 Å². The van der Waals surface area contributed by atoms with E-state index in [2.05, 4.69) is 66.3 Å². The first-order valence-corrected chi connectivity index (χ1v) is 7.24. The van der Waals surface area contributed by atoms with Crippen LogP contribution in [0.15, 0.2) is 28.7 Å². The molecule has 0 unspecified atom stereocenters. The normalized spacial score (nSPS) is 20.9. The summed E-state index contributed by atoms with van der Waals surface area (Å²) in [7, 11) is 0. The van der Waals surface area contributed by atoms with Crippen LogP contribution in [-0.4, -0.2) is 13.1 Å². The van der Waals surface area contributed by atoms with Gasteiger partial charge < -0.3 is 5.32 Å². The van der Waals surface area contributed by atoms with Crippen LogP contribution in [0.3, 0.4) is 0 Å². The standard InChI is InChI=1S/C15H22BrN/c1-4-17-11-15(9-14(2,3)10-15)12-5-7-13(16)8-6-12/h5-8,17H,4,9-11H2,1-3H3. The summed E-state index contributed by atoms with van der Waals surface area (Å²) in [4.78, 5) is 0. The molecule has 2 rings (SSSR count). The maximum atomic E-state index is 3.53. The second kappa shape index (κ2) is 4.74. The van der Waals surface area contributed by atoms with Crippen molar-refractivity contribution >= 4 is 15.9 Å². The Bertz CT molecular complexity index is 372. The van der Waals surface area contributed by atoms with Gasteiger partial charge in [-0.25, -0.2) is 0 Å². The molecule has 0 amide bonds. The molecular weight excluding hydrogens is 274 g/mol. The van der Waals surface area contributed by atoms with E-state index in [0.29, 0.717) is 10.8 Å². The summed E-state index contributed by atoms with van der Waals surface area (Å²) >= 11 is 3.51. The quantitative estimate of drug-likeness (QED) is 0.881. The Kier molecular flexibility index (Phi) is 3.65. The Labute approximate surface area is 113 Å². The molecule has 0 aromatic heterocycles. The maximum Gasteiger partial charge on any atom is 0.0175 e. The SMILES string of the molecule is CCNCC1(c2ccc(Br)cc2)CC(C)(C)C1. The maximum absolute atomic E-state index is 3.53. The summed E-state index contributed by atoms with van der Waals surface area (Å²) in [6.07, 6.45) is 2.57. The van der Waals surface area contributed by atoms with E-state index >= 15 is 0 Å². The van der Waals surface area contributed by atoms with Gasteiger partial charge in [0.1, 0.15) is 0 Å². The Morgan fingerprint density at radius 2 is 1.76 bits per heavy atom. The minimum absolute atomic E-state index is 0.361. The van der Waals surface area contributed by atoms with Crippen molar-refractivity contribution in [1.29, 1.82) is 0 Å². The zero-order chi connectivity index (χ0) is 12.5. The van der Waals surface area contributed by atoms with Crippen LogP contribution in [0.2, 0.25) is 0 Å². The zero-order valence-corrected chi connectivity index (χ0v) is 12.6. The molecule has 1 nitrogen and oxygen atoms in total. The highest BCUT2D eigenvalue weighted by Gasteiger charge is 2.49. The Hall–Kier alpha value is -0.340. The second-order valence-corrected chi connectivity index (χ2v) is 7.00. The van der Waals surface area contributed by atoms with E-state index in [4.69, 9.17) is 0 Å². The Morgan fingerprint density at radius 3 is 2.24 bits per heavy atom. The fraction of sp³-hybridized carbons (Fsp3) is 0.600. The van der Waals surface area contributed by atoms with Crippen LogP contribution in [0, 0.1) is 5.41 Å². The zero-order valence-electron chi connectivity index (χ0n) is 11.0. The number of nitrogens with one attached hydrogen (secondary N) is 1. The topological polar surface area (TPSA) is 12.0 Å². The highest BCUT2D eigenvalue weighted by molar-refractivity contribution is 9.10. The largest absolute Gasteiger partial charge is 0.316 e. The number of likely N-dealkylation sites (N-methyl/N-ethyl adjacent to an activating group) is 1. The first-order valence-electron chi connectivity index (χ1n) is 6.44. The summed E-state index contributed by atoms with van der Waals surface area (Å²) in [5.74, 6) is 0. The van der Waals surface area contributed by atoms with E-state index < -0.39 is 0 Å². The van der Waals surface area contributed by atoms with E-state index in [1.54, 1.807) is 0 Å². The summed E-state index contributed by atoms with van der Waals surface area (Å²) in [6.45, 7) is 9.08. The lowest BCUT2D eigenvalue weighted by Gasteiger charge is -2.54. The lowest BCUT2D eigenvalue weighted by atomic mass is 9.52. The third-order valence-corrected chi connectivity index (χ3v) is 4.33. The minimum atomic E-state index is 0.361. The van der Waals surface area contributed by atoms with E-state index in [9.17, 15) is 0 Å². The lowest BCUT2D eigenvalue weighted by Crippen LogP contribution is -2.52. The number of halogens is 1. The van der Waals surface area contributed by atoms with Crippen molar-refractivity contribution in [3.63, 3.8) is 0 Å². The van der Waals surface area contributed by atoms with E-state index in [0.717, 1.165) is 13.1 Å². The molecule has 0 heterocycles. The third kappa shape index (κ3) is 2.74. The van der Waals surface area contributed by atoms with Crippen molar-refractivity contribution in [1.82, 2.24) is 5.32 Å². The van der Waals surface area contributed by atoms with Crippen LogP contribution < -0.4 is 5.32 Å². The highest BCUT2D eigenvalue weighted by Crippen LogP contribution is 2.55. The third-order valence-electron chi connectivity index (χ3n) is 3.80. The van der Waals surface area contributed by atoms with Crippen molar-refractivity contribution in [2.45, 2.75) is 39.0 Å². The van der Waals surface area contributed by atoms with Crippen LogP contribution in [-0.2, 0) is 5.41 Å². The van der Waals surface area contributed by atoms with Crippen LogP contribution in [0.4, 0.5) is 0 Å². The Balaban J connectivity index is 2.20. The van der Waals surface area contributed by atoms with E-state index in [1.807, 2.05) is 0 Å². The molecule has 17 heavy (non-hydrogen) atoms. The van der Waals surface area contributed by atoms with Crippen molar-refractivity contribution in [2.24, 2.45) is 5.41 Å². The predicted octanol–water partition coefficient (Wildman–Crippen LogP) is 4.12. The van der Waals surface area contributed by atoms with Crippen molar-refractivity contribution < 1.29 is 0 Å². The van der Waals surface area contributed by atoms with Crippen LogP contribution in [0.25, 0.3) is 0 Å². The molecule has 2 heteroatoms. The molecule has 1 aliphatic rings. The van der Waals surface area contributed by atoms with Gasteiger partial charge in [0.2, 0.25) is 0 Å². The second-order valence-electron chi connectivity index (χ2n) is 6.09. The molecule has 1 aromatic rings. The average molecular weight is 296 g/mol. The highest BCUT2D eigenvalue weighted by atomic mass is 79.9. The van der Waals surface area contributed by atoms with Gasteiger partial charge in [0, 0.05) is 16.4 Å². The summed E-state index contributed by atoms with van der Waals surface area (Å²) < 4.78 is 1.17. The molecule has 1 aromatic carbocycles. The molecule has 94 valence electrons. The number of rotatable bonds is 4. The van der Waals surface area contributed by atoms with E-state index in [1.165, 1.54) is 22.9 Å². The molecule has 1 N–H and O–H groups in total. The summed E-state index contributed by atoms with van der Waals surface area (Å²) in [5.41, 5.74) is 2.35. The first kappa shape index (κ1) is 13.1. The number of hydrogen-bond donors (Lipinski definition) is 1. The summed E-state index contributed by atoms with van der Waals surface area (Å²) in [5, 5.41) is 3.53. The van der Waals surface area contributed by atoms with Crippen molar-refractivity contribution in [3.8, 4) is 0 Å². The molecule has 0 bridgehead atoms. The fourth-order valence-electron chi connectivity index (χ4n) is 3.38. The van der Waals surface area contributed by atoms with E-state index in [-0.39, 0.29) is 0 Å². The average Bonchev–Trinajstić information content (AvgIpc) is 2.24. The molecule has 0 atom stereocenters. The van der Waals surface area contributed by atoms with Crippen molar-refractivity contribution in [2.75, 3.05) is 13.1 Å². The van der Waals surface area contributed by atoms with Gasteiger partial charge >= 0.3 is 0 Å². The fourth-order valence-corrected chi connectivity index (χ4v) is 3.64. The molecule has 1 aliphatic carbocycles. The summed E-state index contributed by atoms with van der Waals surface area (Å²) in [6, 6.07) is 8.87. The van der Waals surface area contributed by atoms with Gasteiger partial charge in [0.25, 0.3) is 0 Å². The molecule has 0 saturated heterocycles. The molecule has 0 radical (unpaired) electrons. The van der Waals surface area contributed by atoms with Gasteiger partial charge in [-0.05, 0) is 42.5 Å².